The lowest BCUT2D eigenvalue weighted by atomic mass is 10.1. The van der Waals surface area contributed by atoms with E-state index in [0.717, 1.165) is 58.4 Å². The molecule has 0 fully saturated rings. The molecule has 0 radical (unpaired) electrons. The Morgan fingerprint density at radius 2 is 1.89 bits per heavy atom. The van der Waals surface area contributed by atoms with Gasteiger partial charge in [-0.05, 0) is 67.3 Å². The SMILES string of the molecule is NC(/C=C\c1ncc(-c2cccc(-c3ccc4cn[nH]c4c3)n2)[nH]1)=NCCCCc1cccc(F)c1. The van der Waals surface area contributed by atoms with Crippen LogP contribution in [0.5, 0.6) is 0 Å². The van der Waals surface area contributed by atoms with Gasteiger partial charge in [-0.3, -0.25) is 10.1 Å². The smallest absolute Gasteiger partial charge is 0.130 e. The summed E-state index contributed by atoms with van der Waals surface area (Å²) in [5.41, 5.74) is 11.5. The second-order valence-electron chi connectivity index (χ2n) is 8.49. The van der Waals surface area contributed by atoms with Crippen LogP contribution in [0.3, 0.4) is 0 Å². The van der Waals surface area contributed by atoms with Crippen LogP contribution in [-0.2, 0) is 6.42 Å². The standard InChI is InChI=1S/C28H26FN7/c29-22-7-3-6-19(15-22)5-1-2-14-31-27(30)12-13-28-32-18-26(35-28)24-9-4-8-23(34-24)20-10-11-21-17-33-36-25(21)16-20/h3-4,6-13,15-18H,1-2,5,14H2,(H2,30,31)(H,32,35)(H,33,36)/b13-12-. The maximum atomic E-state index is 13.2. The number of hydrogen-bond acceptors (Lipinski definition) is 4. The fourth-order valence-corrected chi connectivity index (χ4v) is 3.95. The Bertz CT molecular complexity index is 1530. The van der Waals surface area contributed by atoms with Crippen LogP contribution >= 0.6 is 0 Å². The predicted octanol–water partition coefficient (Wildman–Crippen LogP) is 5.55. The molecule has 0 spiro atoms. The van der Waals surface area contributed by atoms with E-state index < -0.39 is 0 Å². The molecule has 0 unspecified atom stereocenters. The van der Waals surface area contributed by atoms with Gasteiger partial charge in [-0.15, -0.1) is 0 Å². The normalized spacial score (nSPS) is 12.1. The Kier molecular flexibility index (Phi) is 6.93. The number of hydrogen-bond donors (Lipinski definition) is 3. The summed E-state index contributed by atoms with van der Waals surface area (Å²) in [6.07, 6.45) is 9.71. The molecule has 0 bridgehead atoms. The number of nitrogens with one attached hydrogen (secondary N) is 2. The first-order valence-electron chi connectivity index (χ1n) is 11.8. The Hall–Kier alpha value is -4.59. The van der Waals surface area contributed by atoms with Crippen molar-refractivity contribution in [2.75, 3.05) is 6.54 Å². The molecule has 4 N–H and O–H groups in total. The molecule has 0 saturated heterocycles. The van der Waals surface area contributed by atoms with Gasteiger partial charge in [-0.1, -0.05) is 30.3 Å². The van der Waals surface area contributed by atoms with Crippen LogP contribution in [0, 0.1) is 5.82 Å². The molecule has 180 valence electrons. The number of benzene rings is 2. The highest BCUT2D eigenvalue weighted by Crippen LogP contribution is 2.24. The van der Waals surface area contributed by atoms with Gasteiger partial charge < -0.3 is 10.7 Å². The molecule has 5 rings (SSSR count). The Morgan fingerprint density at radius 1 is 1.00 bits per heavy atom. The lowest BCUT2D eigenvalue weighted by Crippen LogP contribution is -2.08. The summed E-state index contributed by atoms with van der Waals surface area (Å²) in [6.45, 7) is 0.621. The van der Waals surface area contributed by atoms with Gasteiger partial charge in [0, 0.05) is 17.5 Å². The molecule has 3 aromatic heterocycles. The highest BCUT2D eigenvalue weighted by molar-refractivity contribution is 5.94. The second-order valence-corrected chi connectivity index (χ2v) is 8.49. The molecule has 5 aromatic rings. The third kappa shape index (κ3) is 5.72. The summed E-state index contributed by atoms with van der Waals surface area (Å²) in [4.78, 5) is 16.9. The number of aromatic amines is 2. The van der Waals surface area contributed by atoms with Crippen molar-refractivity contribution in [2.24, 2.45) is 10.7 Å². The molecule has 0 aliphatic heterocycles. The number of aromatic nitrogens is 5. The number of imidazole rings is 1. The Balaban J connectivity index is 1.17. The number of aliphatic imine (C=N–C) groups is 1. The quantitative estimate of drug-likeness (QED) is 0.146. The minimum absolute atomic E-state index is 0.198. The van der Waals surface area contributed by atoms with Crippen molar-refractivity contribution in [1.82, 2.24) is 25.1 Å². The number of pyridine rings is 1. The maximum absolute atomic E-state index is 13.2. The van der Waals surface area contributed by atoms with E-state index in [1.165, 1.54) is 6.07 Å². The first-order chi connectivity index (χ1) is 17.6. The van der Waals surface area contributed by atoms with E-state index in [9.17, 15) is 4.39 Å². The zero-order valence-corrected chi connectivity index (χ0v) is 19.7. The van der Waals surface area contributed by atoms with Crippen molar-refractivity contribution in [3.05, 3.63) is 96.3 Å². The highest BCUT2D eigenvalue weighted by Gasteiger charge is 2.07. The lowest BCUT2D eigenvalue weighted by Gasteiger charge is -2.03. The van der Waals surface area contributed by atoms with E-state index in [1.807, 2.05) is 42.5 Å². The summed E-state index contributed by atoms with van der Waals surface area (Å²) >= 11 is 0. The summed E-state index contributed by atoms with van der Waals surface area (Å²) in [5, 5.41) is 8.14. The molecule has 3 heterocycles. The third-order valence-electron chi connectivity index (χ3n) is 5.83. The van der Waals surface area contributed by atoms with Crippen molar-refractivity contribution < 1.29 is 4.39 Å². The number of fused-ring (bicyclic) bond motifs is 1. The van der Waals surface area contributed by atoms with E-state index in [0.29, 0.717) is 18.2 Å². The molecule has 0 atom stereocenters. The van der Waals surface area contributed by atoms with Crippen molar-refractivity contribution in [3.63, 3.8) is 0 Å². The average molecular weight is 480 g/mol. The van der Waals surface area contributed by atoms with Crippen molar-refractivity contribution in [1.29, 1.82) is 0 Å². The topological polar surface area (TPSA) is 109 Å². The van der Waals surface area contributed by atoms with Gasteiger partial charge in [0.15, 0.2) is 0 Å². The minimum atomic E-state index is -0.198. The van der Waals surface area contributed by atoms with Crippen LogP contribution in [0.4, 0.5) is 4.39 Å². The van der Waals surface area contributed by atoms with E-state index in [4.69, 9.17) is 10.7 Å². The largest absolute Gasteiger partial charge is 0.384 e. The van der Waals surface area contributed by atoms with Gasteiger partial charge in [0.1, 0.15) is 17.5 Å². The van der Waals surface area contributed by atoms with Crippen LogP contribution < -0.4 is 5.73 Å². The number of unbranched alkanes of at least 4 members (excludes halogenated alkanes) is 1. The van der Waals surface area contributed by atoms with Crippen LogP contribution in [0.1, 0.15) is 24.2 Å². The van der Waals surface area contributed by atoms with Crippen LogP contribution in [0.15, 0.2) is 84.1 Å². The number of aryl methyl sites for hydroxylation is 1. The number of halogens is 1. The Morgan fingerprint density at radius 3 is 2.81 bits per heavy atom. The summed E-state index contributed by atoms with van der Waals surface area (Å²) in [5.74, 6) is 0.907. The third-order valence-corrected chi connectivity index (χ3v) is 5.83. The van der Waals surface area contributed by atoms with E-state index >= 15 is 0 Å². The van der Waals surface area contributed by atoms with Crippen molar-refractivity contribution in [2.45, 2.75) is 19.3 Å². The minimum Gasteiger partial charge on any atom is -0.384 e. The first kappa shape index (κ1) is 23.2. The molecule has 0 amide bonds. The monoisotopic (exact) mass is 479 g/mol. The molecule has 0 aliphatic rings. The molecule has 36 heavy (non-hydrogen) atoms. The summed E-state index contributed by atoms with van der Waals surface area (Å²) in [6, 6.07) is 18.7. The van der Waals surface area contributed by atoms with Crippen LogP contribution in [0.2, 0.25) is 0 Å². The highest BCUT2D eigenvalue weighted by atomic mass is 19.1. The molecule has 0 aliphatic carbocycles. The van der Waals surface area contributed by atoms with E-state index in [2.05, 4.69) is 25.2 Å². The molecular formula is C28H26FN7. The second kappa shape index (κ2) is 10.8. The molecule has 0 saturated carbocycles. The lowest BCUT2D eigenvalue weighted by molar-refractivity contribution is 0.623. The molecule has 8 heteroatoms. The van der Waals surface area contributed by atoms with Gasteiger partial charge in [-0.2, -0.15) is 5.10 Å². The average Bonchev–Trinajstić information content (AvgIpc) is 3.57. The number of nitrogens with two attached hydrogens (primary N) is 1. The summed E-state index contributed by atoms with van der Waals surface area (Å²) in [7, 11) is 0. The number of amidine groups is 1. The van der Waals surface area contributed by atoms with Crippen LogP contribution in [0.25, 0.3) is 39.6 Å². The first-order valence-corrected chi connectivity index (χ1v) is 11.8. The Labute approximate surface area is 208 Å². The van der Waals surface area contributed by atoms with Gasteiger partial charge in [0.25, 0.3) is 0 Å². The van der Waals surface area contributed by atoms with Crippen molar-refractivity contribution >= 4 is 22.8 Å². The van der Waals surface area contributed by atoms with Gasteiger partial charge >= 0.3 is 0 Å². The zero-order valence-electron chi connectivity index (χ0n) is 19.7. The van der Waals surface area contributed by atoms with Crippen LogP contribution in [-0.4, -0.2) is 37.5 Å². The van der Waals surface area contributed by atoms with E-state index in [1.54, 1.807) is 36.7 Å². The fourth-order valence-electron chi connectivity index (χ4n) is 3.95. The van der Waals surface area contributed by atoms with E-state index in [-0.39, 0.29) is 5.82 Å². The molecular weight excluding hydrogens is 453 g/mol. The maximum Gasteiger partial charge on any atom is 0.130 e. The van der Waals surface area contributed by atoms with Gasteiger partial charge in [0.05, 0.1) is 35.0 Å². The number of nitrogens with zero attached hydrogens (tertiary/aromatic N) is 4. The molecule has 7 nitrogen and oxygen atoms in total. The van der Waals surface area contributed by atoms with Crippen molar-refractivity contribution in [3.8, 4) is 22.6 Å². The number of rotatable bonds is 9. The van der Waals surface area contributed by atoms with Gasteiger partial charge in [-0.25, -0.2) is 14.4 Å². The summed E-state index contributed by atoms with van der Waals surface area (Å²) < 4.78 is 13.2. The fraction of sp³-hybridized carbons (Fsp3) is 0.143. The zero-order chi connectivity index (χ0) is 24.7. The number of H-pyrrole nitrogens is 2. The molecule has 2 aromatic carbocycles. The van der Waals surface area contributed by atoms with Gasteiger partial charge in [0.2, 0.25) is 0 Å². The predicted molar refractivity (Wildman–Crippen MR) is 142 cm³/mol.